The van der Waals surface area contributed by atoms with Gasteiger partial charge >= 0.3 is 0 Å². The smallest absolute Gasteiger partial charge is 0.155 e. The molecule has 0 saturated carbocycles. The number of ketones is 1. The summed E-state index contributed by atoms with van der Waals surface area (Å²) in [5.74, 6) is 0.820. The minimum absolute atomic E-state index is 0.287. The Hall–Kier alpha value is -0.670. The molecule has 1 aliphatic heterocycles. The monoisotopic (exact) mass is 195 g/mol. The number of carbonyl (C=O) groups excluding carboxylic acids is 1. The fourth-order valence-electron chi connectivity index (χ4n) is 2.12. The molecule has 0 unspecified atom stereocenters. The highest BCUT2D eigenvalue weighted by molar-refractivity contribution is 5.90. The second kappa shape index (κ2) is 4.71. The maximum absolute atomic E-state index is 11.2. The molecule has 1 atom stereocenters. The Bertz CT molecular complexity index is 231. The maximum atomic E-state index is 11.2. The summed E-state index contributed by atoms with van der Waals surface area (Å²) >= 11 is 0. The average molecular weight is 195 g/mol. The van der Waals surface area contributed by atoms with Gasteiger partial charge in [-0.2, -0.15) is 0 Å². The number of morpholine rings is 1. The topological polar surface area (TPSA) is 29.5 Å². The Balaban J connectivity index is 1.79. The molecule has 0 amide bonds. The highest BCUT2D eigenvalue weighted by Gasteiger charge is 2.19. The molecule has 1 fully saturated rings. The fraction of sp³-hybridized carbons (Fsp3) is 0.727. The lowest BCUT2D eigenvalue weighted by Crippen LogP contribution is -2.39. The summed E-state index contributed by atoms with van der Waals surface area (Å²) in [4.78, 5) is 13.6. The van der Waals surface area contributed by atoms with Gasteiger partial charge in [0, 0.05) is 26.1 Å². The van der Waals surface area contributed by atoms with Crippen molar-refractivity contribution in [2.45, 2.75) is 12.8 Å². The van der Waals surface area contributed by atoms with Crippen molar-refractivity contribution in [3.63, 3.8) is 0 Å². The molecule has 2 aliphatic rings. The molecule has 0 N–H and O–H groups in total. The number of ether oxygens (including phenoxy) is 1. The summed E-state index contributed by atoms with van der Waals surface area (Å²) in [7, 11) is 0. The van der Waals surface area contributed by atoms with Crippen molar-refractivity contribution < 1.29 is 9.53 Å². The van der Waals surface area contributed by atoms with Crippen molar-refractivity contribution >= 4 is 5.78 Å². The van der Waals surface area contributed by atoms with Crippen LogP contribution in [0.25, 0.3) is 0 Å². The van der Waals surface area contributed by atoms with Crippen molar-refractivity contribution in [1.29, 1.82) is 0 Å². The second-order valence-corrected chi connectivity index (χ2v) is 4.09. The molecule has 1 saturated heterocycles. The van der Waals surface area contributed by atoms with E-state index in [1.54, 1.807) is 6.08 Å². The van der Waals surface area contributed by atoms with Crippen LogP contribution in [0.15, 0.2) is 12.2 Å². The molecular weight excluding hydrogens is 178 g/mol. The van der Waals surface area contributed by atoms with Gasteiger partial charge < -0.3 is 4.74 Å². The molecule has 0 aromatic carbocycles. The van der Waals surface area contributed by atoms with Crippen LogP contribution in [0.4, 0.5) is 0 Å². The largest absolute Gasteiger partial charge is 0.379 e. The first kappa shape index (κ1) is 9.87. The van der Waals surface area contributed by atoms with Gasteiger partial charge in [0.05, 0.1) is 13.2 Å². The second-order valence-electron chi connectivity index (χ2n) is 4.09. The molecule has 0 aromatic rings. The maximum Gasteiger partial charge on any atom is 0.155 e. The SMILES string of the molecule is O=C1C=CC[C@@H](CN2CCOCC2)C1. The van der Waals surface area contributed by atoms with Crippen LogP contribution in [0.5, 0.6) is 0 Å². The zero-order chi connectivity index (χ0) is 9.80. The highest BCUT2D eigenvalue weighted by Crippen LogP contribution is 2.17. The summed E-state index contributed by atoms with van der Waals surface area (Å²) < 4.78 is 5.29. The lowest BCUT2D eigenvalue weighted by molar-refractivity contribution is -0.116. The van der Waals surface area contributed by atoms with Gasteiger partial charge in [-0.1, -0.05) is 6.08 Å². The number of nitrogens with zero attached hydrogens (tertiary/aromatic N) is 1. The van der Waals surface area contributed by atoms with Crippen LogP contribution in [0.3, 0.4) is 0 Å². The first-order valence-corrected chi connectivity index (χ1v) is 5.34. The number of carbonyl (C=O) groups is 1. The Labute approximate surface area is 84.7 Å². The minimum Gasteiger partial charge on any atom is -0.379 e. The van der Waals surface area contributed by atoms with Crippen LogP contribution in [0, 0.1) is 5.92 Å². The van der Waals surface area contributed by atoms with Gasteiger partial charge in [-0.05, 0) is 18.4 Å². The van der Waals surface area contributed by atoms with E-state index in [2.05, 4.69) is 4.90 Å². The summed E-state index contributed by atoms with van der Waals surface area (Å²) in [6, 6.07) is 0. The van der Waals surface area contributed by atoms with Crippen LogP contribution in [0.2, 0.25) is 0 Å². The van der Waals surface area contributed by atoms with Gasteiger partial charge in [-0.25, -0.2) is 0 Å². The van der Waals surface area contributed by atoms with Crippen LogP contribution in [-0.4, -0.2) is 43.5 Å². The summed E-state index contributed by atoms with van der Waals surface area (Å²) in [5.41, 5.74) is 0. The van der Waals surface area contributed by atoms with Gasteiger partial charge in [0.25, 0.3) is 0 Å². The predicted octanol–water partition coefficient (Wildman–Crippen LogP) is 0.854. The molecule has 0 aromatic heterocycles. The molecule has 1 heterocycles. The van der Waals surface area contributed by atoms with Gasteiger partial charge in [0.1, 0.15) is 0 Å². The van der Waals surface area contributed by atoms with Gasteiger partial charge in [-0.15, -0.1) is 0 Å². The summed E-state index contributed by atoms with van der Waals surface area (Å²) in [6.45, 7) is 4.79. The van der Waals surface area contributed by atoms with Crippen molar-refractivity contribution in [2.75, 3.05) is 32.8 Å². The molecule has 1 aliphatic carbocycles. The molecule has 78 valence electrons. The van der Waals surface area contributed by atoms with Crippen molar-refractivity contribution in [3.05, 3.63) is 12.2 Å². The van der Waals surface area contributed by atoms with Gasteiger partial charge in [0.2, 0.25) is 0 Å². The Kier molecular flexibility index (Phi) is 3.32. The molecule has 0 spiro atoms. The third kappa shape index (κ3) is 2.66. The van der Waals surface area contributed by atoms with Gasteiger partial charge in [-0.3, -0.25) is 9.69 Å². The Morgan fingerprint density at radius 3 is 2.93 bits per heavy atom. The van der Waals surface area contributed by atoms with Gasteiger partial charge in [0.15, 0.2) is 5.78 Å². The van der Waals surface area contributed by atoms with E-state index in [0.717, 1.165) is 45.7 Å². The van der Waals surface area contributed by atoms with Crippen molar-refractivity contribution in [1.82, 2.24) is 4.90 Å². The van der Waals surface area contributed by atoms with Crippen molar-refractivity contribution in [2.24, 2.45) is 5.92 Å². The number of allylic oxidation sites excluding steroid dienone is 2. The normalized spacial score (nSPS) is 29.4. The zero-order valence-electron chi connectivity index (χ0n) is 8.45. The van der Waals surface area contributed by atoms with E-state index in [1.807, 2.05) is 6.08 Å². The van der Waals surface area contributed by atoms with E-state index in [0.29, 0.717) is 5.92 Å². The predicted molar refractivity (Wildman–Crippen MR) is 54.1 cm³/mol. The van der Waals surface area contributed by atoms with Crippen LogP contribution in [0.1, 0.15) is 12.8 Å². The van der Waals surface area contributed by atoms with E-state index in [-0.39, 0.29) is 5.78 Å². The Morgan fingerprint density at radius 2 is 2.21 bits per heavy atom. The van der Waals surface area contributed by atoms with E-state index in [1.165, 1.54) is 0 Å². The average Bonchev–Trinajstić information content (AvgIpc) is 2.19. The molecule has 0 radical (unpaired) electrons. The zero-order valence-corrected chi connectivity index (χ0v) is 8.45. The Morgan fingerprint density at radius 1 is 1.43 bits per heavy atom. The minimum atomic E-state index is 0.287. The molecule has 2 rings (SSSR count). The number of hydrogen-bond acceptors (Lipinski definition) is 3. The van der Waals surface area contributed by atoms with Crippen molar-refractivity contribution in [3.8, 4) is 0 Å². The number of rotatable bonds is 2. The lowest BCUT2D eigenvalue weighted by Gasteiger charge is -2.30. The molecule has 3 heteroatoms. The van der Waals surface area contributed by atoms with E-state index < -0.39 is 0 Å². The molecular formula is C11H17NO2. The van der Waals surface area contributed by atoms with Crippen LogP contribution >= 0.6 is 0 Å². The first-order chi connectivity index (χ1) is 6.84. The summed E-state index contributed by atoms with van der Waals surface area (Å²) in [5, 5.41) is 0. The van der Waals surface area contributed by atoms with E-state index >= 15 is 0 Å². The third-order valence-corrected chi connectivity index (χ3v) is 2.88. The first-order valence-electron chi connectivity index (χ1n) is 5.34. The molecule has 14 heavy (non-hydrogen) atoms. The van der Waals surface area contributed by atoms with E-state index in [9.17, 15) is 4.79 Å². The standard InChI is InChI=1S/C11H17NO2/c13-11-3-1-2-10(8-11)9-12-4-6-14-7-5-12/h1,3,10H,2,4-9H2/t10-/m1/s1. The fourth-order valence-corrected chi connectivity index (χ4v) is 2.12. The van der Waals surface area contributed by atoms with Crippen LogP contribution < -0.4 is 0 Å². The third-order valence-electron chi connectivity index (χ3n) is 2.88. The summed E-state index contributed by atoms with van der Waals surface area (Å²) in [6.07, 6.45) is 5.52. The highest BCUT2D eigenvalue weighted by atomic mass is 16.5. The van der Waals surface area contributed by atoms with E-state index in [4.69, 9.17) is 4.74 Å². The lowest BCUT2D eigenvalue weighted by atomic mass is 9.93. The number of hydrogen-bond donors (Lipinski definition) is 0. The van der Waals surface area contributed by atoms with Crippen LogP contribution in [-0.2, 0) is 9.53 Å². The quantitative estimate of drug-likeness (QED) is 0.654. The molecule has 3 nitrogen and oxygen atoms in total. The molecule has 0 bridgehead atoms.